The molecule has 0 unspecified atom stereocenters. The maximum atomic E-state index is 11.8. The summed E-state index contributed by atoms with van der Waals surface area (Å²) in [7, 11) is 0. The summed E-state index contributed by atoms with van der Waals surface area (Å²) in [6, 6.07) is 0. The van der Waals surface area contributed by atoms with Crippen molar-refractivity contribution in [3.05, 3.63) is 0 Å². The van der Waals surface area contributed by atoms with Crippen LogP contribution in [-0.4, -0.2) is 74.9 Å². The Labute approximate surface area is 207 Å². The summed E-state index contributed by atoms with van der Waals surface area (Å²) in [5.74, 6) is -0.581. The fraction of sp³-hybridized carbons (Fsp3) is 0.923. The fourth-order valence-electron chi connectivity index (χ4n) is 3.64. The van der Waals surface area contributed by atoms with Crippen molar-refractivity contribution in [2.75, 3.05) is 52.8 Å². The van der Waals surface area contributed by atoms with E-state index in [9.17, 15) is 9.59 Å². The number of ether oxygens (including phenoxy) is 3. The minimum absolute atomic E-state index is 0.0259. The summed E-state index contributed by atoms with van der Waals surface area (Å²) in [6.07, 6.45) is 17.5. The Morgan fingerprint density at radius 2 is 0.912 bits per heavy atom. The van der Waals surface area contributed by atoms with Crippen LogP contribution in [0.3, 0.4) is 0 Å². The first-order valence-electron chi connectivity index (χ1n) is 13.5. The average Bonchev–Trinajstić information content (AvgIpc) is 2.82. The maximum absolute atomic E-state index is 11.8. The van der Waals surface area contributed by atoms with Crippen LogP contribution in [0, 0.1) is 0 Å². The van der Waals surface area contributed by atoms with E-state index in [1.54, 1.807) is 0 Å². The van der Waals surface area contributed by atoms with E-state index >= 15 is 0 Å². The van der Waals surface area contributed by atoms with E-state index in [0.29, 0.717) is 59.0 Å². The molecule has 0 atom stereocenters. The highest BCUT2D eigenvalue weighted by atomic mass is 16.5. The topological polar surface area (TPSA) is 114 Å². The van der Waals surface area contributed by atoms with Gasteiger partial charge in [-0.2, -0.15) is 0 Å². The van der Waals surface area contributed by atoms with Crippen LogP contribution in [0.5, 0.6) is 0 Å². The Morgan fingerprint density at radius 1 is 0.529 bits per heavy atom. The molecule has 202 valence electrons. The van der Waals surface area contributed by atoms with E-state index in [2.05, 4.69) is 5.32 Å². The van der Waals surface area contributed by atoms with Crippen LogP contribution in [-0.2, 0) is 23.8 Å². The van der Waals surface area contributed by atoms with Crippen LogP contribution in [0.1, 0.15) is 103 Å². The third-order valence-corrected chi connectivity index (χ3v) is 5.59. The lowest BCUT2D eigenvalue weighted by Gasteiger charge is -2.07. The number of carbonyl (C=O) groups is 2. The molecule has 0 aromatic heterocycles. The summed E-state index contributed by atoms with van der Waals surface area (Å²) in [4.78, 5) is 22.2. The lowest BCUT2D eigenvalue weighted by Crippen LogP contribution is -2.27. The number of rotatable bonds is 28. The minimum Gasteiger partial charge on any atom is -0.481 e. The van der Waals surface area contributed by atoms with E-state index in [1.165, 1.54) is 64.2 Å². The van der Waals surface area contributed by atoms with Crippen molar-refractivity contribution in [2.24, 2.45) is 0 Å². The molecule has 0 heterocycles. The van der Waals surface area contributed by atoms with Crippen LogP contribution < -0.4 is 5.32 Å². The van der Waals surface area contributed by atoms with E-state index in [0.717, 1.165) is 25.7 Å². The molecule has 0 saturated carbocycles. The largest absolute Gasteiger partial charge is 0.481 e. The Morgan fingerprint density at radius 3 is 1.35 bits per heavy atom. The summed E-state index contributed by atoms with van der Waals surface area (Å²) in [6.45, 7) is 3.32. The number of unbranched alkanes of at least 4 members (excludes halogenated alkanes) is 13. The van der Waals surface area contributed by atoms with Crippen molar-refractivity contribution < 1.29 is 34.0 Å². The smallest absolute Gasteiger partial charge is 0.303 e. The molecule has 0 aliphatic heterocycles. The number of nitrogens with one attached hydrogen (secondary N) is 1. The molecule has 3 N–H and O–H groups in total. The van der Waals surface area contributed by atoms with Crippen LogP contribution in [0.4, 0.5) is 0 Å². The van der Waals surface area contributed by atoms with Gasteiger partial charge in [-0.25, -0.2) is 0 Å². The number of aliphatic carboxylic acids is 1. The Balaban J connectivity index is 3.15. The van der Waals surface area contributed by atoms with E-state index in [4.69, 9.17) is 24.4 Å². The third-order valence-electron chi connectivity index (χ3n) is 5.59. The molecule has 8 heteroatoms. The highest BCUT2D eigenvalue weighted by molar-refractivity contribution is 5.75. The summed E-state index contributed by atoms with van der Waals surface area (Å²) >= 11 is 0. The van der Waals surface area contributed by atoms with Crippen LogP contribution >= 0.6 is 0 Å². The average molecular weight is 490 g/mol. The Kier molecular flexibility index (Phi) is 27.0. The monoisotopic (exact) mass is 489 g/mol. The highest BCUT2D eigenvalue weighted by Crippen LogP contribution is 2.13. The Hall–Kier alpha value is -1.22. The molecule has 0 bridgehead atoms. The molecular formula is C26H51NO7. The van der Waals surface area contributed by atoms with Gasteiger partial charge in [0.25, 0.3) is 0 Å². The number of carboxylic acids is 1. The standard InChI is InChI=1S/C26H51NO7/c28-18-20-33-22-24-34-23-21-32-19-17-27-25(29)15-13-11-9-7-5-3-1-2-4-6-8-10-12-14-16-26(30)31/h28H,1-24H2,(H,27,29)(H,30,31). The van der Waals surface area contributed by atoms with Crippen molar-refractivity contribution >= 4 is 11.9 Å². The third kappa shape index (κ3) is 28.8. The molecular weight excluding hydrogens is 438 g/mol. The van der Waals surface area contributed by atoms with Gasteiger partial charge in [-0.15, -0.1) is 0 Å². The van der Waals surface area contributed by atoms with Gasteiger partial charge in [-0.3, -0.25) is 9.59 Å². The van der Waals surface area contributed by atoms with Crippen molar-refractivity contribution in [2.45, 2.75) is 103 Å². The summed E-state index contributed by atoms with van der Waals surface area (Å²) in [5.41, 5.74) is 0. The highest BCUT2D eigenvalue weighted by Gasteiger charge is 2.01. The molecule has 0 fully saturated rings. The molecule has 0 aromatic rings. The van der Waals surface area contributed by atoms with Gasteiger partial charge in [-0.1, -0.05) is 77.0 Å². The summed E-state index contributed by atoms with van der Waals surface area (Å²) < 4.78 is 15.8. The lowest BCUT2D eigenvalue weighted by molar-refractivity contribution is -0.137. The van der Waals surface area contributed by atoms with Gasteiger partial charge in [0.2, 0.25) is 5.91 Å². The van der Waals surface area contributed by atoms with E-state index in [-0.39, 0.29) is 12.5 Å². The first kappa shape index (κ1) is 32.8. The SMILES string of the molecule is O=C(O)CCCCCCCCCCCCCCCCC(=O)NCCOCCOCCOCCO. The van der Waals surface area contributed by atoms with Gasteiger partial charge in [-0.05, 0) is 12.8 Å². The zero-order valence-corrected chi connectivity index (χ0v) is 21.4. The summed E-state index contributed by atoms with van der Waals surface area (Å²) in [5, 5.41) is 20.0. The van der Waals surface area contributed by atoms with Gasteiger partial charge in [0.05, 0.1) is 46.2 Å². The molecule has 8 nitrogen and oxygen atoms in total. The molecule has 0 saturated heterocycles. The zero-order valence-electron chi connectivity index (χ0n) is 21.4. The molecule has 34 heavy (non-hydrogen) atoms. The van der Waals surface area contributed by atoms with Crippen molar-refractivity contribution in [1.29, 1.82) is 0 Å². The second-order valence-corrected chi connectivity index (χ2v) is 8.75. The predicted octanol–water partition coefficient (Wildman–Crippen LogP) is 4.47. The number of carboxylic acid groups (broad SMARTS) is 1. The number of hydrogen-bond donors (Lipinski definition) is 3. The van der Waals surface area contributed by atoms with Crippen LogP contribution in [0.15, 0.2) is 0 Å². The second kappa shape index (κ2) is 28.0. The number of aliphatic hydroxyl groups is 1. The number of amides is 1. The molecule has 0 aromatic carbocycles. The first-order valence-corrected chi connectivity index (χ1v) is 13.5. The van der Waals surface area contributed by atoms with Crippen molar-refractivity contribution in [1.82, 2.24) is 5.32 Å². The normalized spacial score (nSPS) is 11.1. The van der Waals surface area contributed by atoms with Gasteiger partial charge >= 0.3 is 5.97 Å². The fourth-order valence-corrected chi connectivity index (χ4v) is 3.64. The van der Waals surface area contributed by atoms with Crippen LogP contribution in [0.25, 0.3) is 0 Å². The molecule has 0 aliphatic rings. The number of hydrogen-bond acceptors (Lipinski definition) is 6. The molecule has 0 rings (SSSR count). The van der Waals surface area contributed by atoms with Gasteiger partial charge in [0.1, 0.15) is 0 Å². The van der Waals surface area contributed by atoms with Crippen molar-refractivity contribution in [3.63, 3.8) is 0 Å². The van der Waals surface area contributed by atoms with Crippen LogP contribution in [0.2, 0.25) is 0 Å². The quantitative estimate of drug-likeness (QED) is 0.139. The van der Waals surface area contributed by atoms with E-state index in [1.807, 2.05) is 0 Å². The molecule has 0 aliphatic carbocycles. The second-order valence-electron chi connectivity index (χ2n) is 8.75. The molecule has 0 radical (unpaired) electrons. The first-order chi connectivity index (χ1) is 16.7. The van der Waals surface area contributed by atoms with Gasteiger partial charge < -0.3 is 29.7 Å². The number of aliphatic hydroxyl groups excluding tert-OH is 1. The molecule has 0 spiro atoms. The van der Waals surface area contributed by atoms with Crippen molar-refractivity contribution in [3.8, 4) is 0 Å². The number of carbonyl (C=O) groups excluding carboxylic acids is 1. The molecule has 1 amide bonds. The van der Waals surface area contributed by atoms with Gasteiger partial charge in [0.15, 0.2) is 0 Å². The Bertz CT molecular complexity index is 449. The van der Waals surface area contributed by atoms with E-state index < -0.39 is 5.97 Å². The zero-order chi connectivity index (χ0) is 25.0. The lowest BCUT2D eigenvalue weighted by atomic mass is 10.0. The van der Waals surface area contributed by atoms with Gasteiger partial charge in [0, 0.05) is 19.4 Å². The maximum Gasteiger partial charge on any atom is 0.303 e. The minimum atomic E-state index is -0.680. The predicted molar refractivity (Wildman–Crippen MR) is 134 cm³/mol.